The standard InChI is InChI=1S/C23H22F2N2OS2/c24-22(25)29-18-9-7-17(8-10-18)27(23-26-19-3-1-2-4-20(19)30-23)21(28)13-16-12-14-5-6-15(16)11-14/h1-4,7-10,14-16,22H,5-6,11-13H2/t14-,15-,16-/m0/s1. The molecule has 0 N–H and O–H groups in total. The minimum atomic E-state index is -2.46. The molecule has 1 heterocycles. The summed E-state index contributed by atoms with van der Waals surface area (Å²) in [6.07, 6.45) is 5.47. The number of carbonyl (C=O) groups excluding carboxylic acids is 1. The number of nitrogens with zero attached hydrogens (tertiary/aromatic N) is 2. The van der Waals surface area contributed by atoms with E-state index in [2.05, 4.69) is 0 Å². The molecule has 1 aromatic heterocycles. The summed E-state index contributed by atoms with van der Waals surface area (Å²) in [4.78, 5) is 20.4. The van der Waals surface area contributed by atoms with Crippen LogP contribution in [-0.2, 0) is 4.79 Å². The molecule has 5 rings (SSSR count). The van der Waals surface area contributed by atoms with E-state index in [1.165, 1.54) is 30.6 Å². The van der Waals surface area contributed by atoms with E-state index in [9.17, 15) is 13.6 Å². The number of para-hydroxylation sites is 1. The number of hydrogen-bond acceptors (Lipinski definition) is 4. The molecule has 156 valence electrons. The molecule has 2 saturated carbocycles. The Balaban J connectivity index is 1.46. The van der Waals surface area contributed by atoms with Gasteiger partial charge in [-0.05, 0) is 73.4 Å². The number of benzene rings is 2. The predicted molar refractivity (Wildman–Crippen MR) is 119 cm³/mol. The second kappa shape index (κ2) is 8.27. The highest BCUT2D eigenvalue weighted by Gasteiger charge is 2.41. The van der Waals surface area contributed by atoms with Gasteiger partial charge in [-0.1, -0.05) is 41.7 Å². The first-order valence-electron chi connectivity index (χ1n) is 10.3. The summed E-state index contributed by atoms with van der Waals surface area (Å²) in [7, 11) is 0. The van der Waals surface area contributed by atoms with E-state index in [1.807, 2.05) is 24.3 Å². The molecule has 3 atom stereocenters. The number of thioether (sulfide) groups is 1. The van der Waals surface area contributed by atoms with Crippen LogP contribution < -0.4 is 4.90 Å². The van der Waals surface area contributed by atoms with Gasteiger partial charge in [-0.3, -0.25) is 9.69 Å². The number of carbonyl (C=O) groups is 1. The summed E-state index contributed by atoms with van der Waals surface area (Å²) in [6, 6.07) is 14.6. The lowest BCUT2D eigenvalue weighted by atomic mass is 9.86. The van der Waals surface area contributed by atoms with Gasteiger partial charge < -0.3 is 0 Å². The van der Waals surface area contributed by atoms with Crippen molar-refractivity contribution in [3.05, 3.63) is 48.5 Å². The average molecular weight is 445 g/mol. The topological polar surface area (TPSA) is 33.2 Å². The number of aromatic nitrogens is 1. The smallest absolute Gasteiger partial charge is 0.274 e. The van der Waals surface area contributed by atoms with Crippen molar-refractivity contribution in [3.8, 4) is 0 Å². The largest absolute Gasteiger partial charge is 0.288 e. The van der Waals surface area contributed by atoms with Crippen LogP contribution in [0, 0.1) is 17.8 Å². The maximum absolute atomic E-state index is 13.5. The van der Waals surface area contributed by atoms with Crippen molar-refractivity contribution in [2.45, 2.75) is 42.8 Å². The van der Waals surface area contributed by atoms with Gasteiger partial charge in [-0.2, -0.15) is 8.78 Å². The first-order valence-corrected chi connectivity index (χ1v) is 12.0. The molecule has 2 aromatic carbocycles. The molecular formula is C23H22F2N2OS2. The first-order chi connectivity index (χ1) is 14.6. The SMILES string of the molecule is O=C(C[C@@H]1C[C@H]2CC[C@H]1C2)N(c1ccc(SC(F)F)cc1)c1nc2ccccc2s1. The van der Waals surface area contributed by atoms with Crippen LogP contribution in [0.25, 0.3) is 10.2 Å². The quantitative estimate of drug-likeness (QED) is 0.380. The zero-order valence-electron chi connectivity index (χ0n) is 16.3. The summed E-state index contributed by atoms with van der Waals surface area (Å²) < 4.78 is 26.4. The number of rotatable bonds is 6. The third kappa shape index (κ3) is 3.97. The number of amides is 1. The van der Waals surface area contributed by atoms with Gasteiger partial charge in [-0.15, -0.1) is 0 Å². The predicted octanol–water partition coefficient (Wildman–Crippen LogP) is 7.10. The number of fused-ring (bicyclic) bond motifs is 3. The molecule has 2 aliphatic carbocycles. The van der Waals surface area contributed by atoms with Crippen molar-refractivity contribution in [3.63, 3.8) is 0 Å². The zero-order chi connectivity index (χ0) is 20.7. The Hall–Kier alpha value is -1.99. The van der Waals surface area contributed by atoms with Gasteiger partial charge in [0.25, 0.3) is 5.76 Å². The van der Waals surface area contributed by atoms with Crippen LogP contribution in [0.3, 0.4) is 0 Å². The third-order valence-electron chi connectivity index (χ3n) is 6.36. The number of alkyl halides is 2. The molecule has 7 heteroatoms. The van der Waals surface area contributed by atoms with Gasteiger partial charge >= 0.3 is 0 Å². The Morgan fingerprint density at radius 3 is 2.60 bits per heavy atom. The highest BCUT2D eigenvalue weighted by molar-refractivity contribution is 7.99. The van der Waals surface area contributed by atoms with Crippen LogP contribution in [0.5, 0.6) is 0 Å². The van der Waals surface area contributed by atoms with E-state index in [0.29, 0.717) is 45.7 Å². The van der Waals surface area contributed by atoms with Gasteiger partial charge in [0, 0.05) is 11.3 Å². The molecule has 0 spiro atoms. The fraction of sp³-hybridized carbons (Fsp3) is 0.391. The van der Waals surface area contributed by atoms with Crippen molar-refractivity contribution in [2.75, 3.05) is 4.90 Å². The van der Waals surface area contributed by atoms with Crippen molar-refractivity contribution >= 4 is 50.0 Å². The van der Waals surface area contributed by atoms with E-state index in [-0.39, 0.29) is 5.91 Å². The van der Waals surface area contributed by atoms with E-state index in [0.717, 1.165) is 22.6 Å². The second-order valence-electron chi connectivity index (χ2n) is 8.20. The number of thiazole rings is 1. The van der Waals surface area contributed by atoms with Gasteiger partial charge in [0.15, 0.2) is 5.13 Å². The lowest BCUT2D eigenvalue weighted by Gasteiger charge is -2.25. The minimum Gasteiger partial charge on any atom is -0.274 e. The molecule has 3 nitrogen and oxygen atoms in total. The van der Waals surface area contributed by atoms with Gasteiger partial charge in [0.2, 0.25) is 5.91 Å². The van der Waals surface area contributed by atoms with Crippen molar-refractivity contribution in [1.29, 1.82) is 0 Å². The summed E-state index contributed by atoms with van der Waals surface area (Å²) >= 11 is 2.00. The fourth-order valence-electron chi connectivity index (χ4n) is 5.04. The highest BCUT2D eigenvalue weighted by Crippen LogP contribution is 2.50. The van der Waals surface area contributed by atoms with Crippen LogP contribution >= 0.6 is 23.1 Å². The monoisotopic (exact) mass is 444 g/mol. The highest BCUT2D eigenvalue weighted by atomic mass is 32.2. The summed E-state index contributed by atoms with van der Waals surface area (Å²) in [5.41, 5.74) is 1.54. The summed E-state index contributed by atoms with van der Waals surface area (Å²) in [5.74, 6) is -0.520. The number of anilines is 2. The molecule has 0 unspecified atom stereocenters. The molecule has 1 amide bonds. The van der Waals surface area contributed by atoms with Gasteiger partial charge in [-0.25, -0.2) is 4.98 Å². The summed E-state index contributed by atoms with van der Waals surface area (Å²) in [5, 5.41) is 0.638. The maximum Gasteiger partial charge on any atom is 0.288 e. The number of hydrogen-bond donors (Lipinski definition) is 0. The average Bonchev–Trinajstić information content (AvgIpc) is 3.44. The molecule has 2 aliphatic rings. The molecule has 30 heavy (non-hydrogen) atoms. The molecule has 2 fully saturated rings. The van der Waals surface area contributed by atoms with Gasteiger partial charge in [0.1, 0.15) is 0 Å². The minimum absolute atomic E-state index is 0.0425. The lowest BCUT2D eigenvalue weighted by Crippen LogP contribution is -2.29. The van der Waals surface area contributed by atoms with Gasteiger partial charge in [0.05, 0.1) is 15.9 Å². The zero-order valence-corrected chi connectivity index (χ0v) is 18.0. The molecule has 0 aliphatic heterocycles. The third-order valence-corrected chi connectivity index (χ3v) is 8.11. The van der Waals surface area contributed by atoms with Crippen molar-refractivity contribution < 1.29 is 13.6 Å². The molecule has 0 radical (unpaired) electrons. The molecule has 3 aromatic rings. The van der Waals surface area contributed by atoms with Crippen LogP contribution in [0.1, 0.15) is 32.1 Å². The first kappa shape index (κ1) is 19.9. The Morgan fingerprint density at radius 2 is 1.93 bits per heavy atom. The maximum atomic E-state index is 13.5. The Labute approximate surface area is 182 Å². The van der Waals surface area contributed by atoms with E-state index in [4.69, 9.17) is 4.98 Å². The van der Waals surface area contributed by atoms with Crippen LogP contribution in [0.4, 0.5) is 19.6 Å². The lowest BCUT2D eigenvalue weighted by molar-refractivity contribution is -0.119. The Bertz CT molecular complexity index is 1020. The van der Waals surface area contributed by atoms with Crippen LogP contribution in [0.2, 0.25) is 0 Å². The van der Waals surface area contributed by atoms with Crippen LogP contribution in [-0.4, -0.2) is 16.6 Å². The van der Waals surface area contributed by atoms with Crippen LogP contribution in [0.15, 0.2) is 53.4 Å². The second-order valence-corrected chi connectivity index (χ2v) is 10.3. The Morgan fingerprint density at radius 1 is 1.13 bits per heavy atom. The normalized spacial score (nSPS) is 22.8. The fourth-order valence-corrected chi connectivity index (χ4v) is 6.54. The number of halogens is 2. The van der Waals surface area contributed by atoms with E-state index < -0.39 is 5.76 Å². The molecular weight excluding hydrogens is 422 g/mol. The molecule has 2 bridgehead atoms. The Kier molecular flexibility index (Phi) is 5.50. The molecule has 0 saturated heterocycles. The van der Waals surface area contributed by atoms with Crippen molar-refractivity contribution in [2.24, 2.45) is 17.8 Å². The summed E-state index contributed by atoms with van der Waals surface area (Å²) in [6.45, 7) is 0. The van der Waals surface area contributed by atoms with E-state index >= 15 is 0 Å². The van der Waals surface area contributed by atoms with Crippen molar-refractivity contribution in [1.82, 2.24) is 4.98 Å². The van der Waals surface area contributed by atoms with E-state index in [1.54, 1.807) is 29.2 Å².